The molecular weight excluding hydrogens is 467 g/mol. The lowest BCUT2D eigenvalue weighted by Gasteiger charge is -2.32. The summed E-state index contributed by atoms with van der Waals surface area (Å²) >= 11 is 5.66. The number of benzene rings is 2. The molecule has 2 amide bonds. The molecule has 174 valence electrons. The van der Waals surface area contributed by atoms with E-state index in [0.29, 0.717) is 24.6 Å². The second kappa shape index (κ2) is 9.68. The number of carbonyl (C=O) groups excluding carboxylic acids is 1. The molecule has 3 rings (SSSR count). The van der Waals surface area contributed by atoms with Crippen molar-refractivity contribution in [3.63, 3.8) is 0 Å². The van der Waals surface area contributed by atoms with Gasteiger partial charge in [0, 0.05) is 30.3 Å². The summed E-state index contributed by atoms with van der Waals surface area (Å²) in [6.45, 7) is 2.23. The number of rotatable bonds is 5. The first-order valence-electron chi connectivity index (χ1n) is 9.95. The fourth-order valence-corrected chi connectivity index (χ4v) is 5.47. The molecule has 0 aliphatic carbocycles. The molecule has 1 atom stereocenters. The molecule has 32 heavy (non-hydrogen) atoms. The Bertz CT molecular complexity index is 1080. The van der Waals surface area contributed by atoms with Gasteiger partial charge in [-0.3, -0.25) is 0 Å². The van der Waals surface area contributed by atoms with Crippen LogP contribution >= 0.6 is 11.6 Å². The predicted octanol–water partition coefficient (Wildman–Crippen LogP) is 4.89. The Kier molecular flexibility index (Phi) is 7.36. The van der Waals surface area contributed by atoms with Gasteiger partial charge in [-0.2, -0.15) is 17.5 Å². The second-order valence-corrected chi connectivity index (χ2v) is 10.1. The minimum absolute atomic E-state index is 0.00701. The van der Waals surface area contributed by atoms with E-state index in [0.717, 1.165) is 22.0 Å². The van der Waals surface area contributed by atoms with Gasteiger partial charge in [-0.25, -0.2) is 13.2 Å². The zero-order valence-electron chi connectivity index (χ0n) is 17.2. The molecular formula is C21H23ClF3N3O3S. The minimum atomic E-state index is -4.86. The average Bonchev–Trinajstić information content (AvgIpc) is 2.73. The summed E-state index contributed by atoms with van der Waals surface area (Å²) in [5.41, 5.74) is 0.375. The molecule has 2 aromatic rings. The highest BCUT2D eigenvalue weighted by molar-refractivity contribution is 7.89. The van der Waals surface area contributed by atoms with E-state index in [-0.39, 0.29) is 30.6 Å². The fraction of sp³-hybridized carbons (Fsp3) is 0.381. The van der Waals surface area contributed by atoms with E-state index in [1.54, 1.807) is 12.1 Å². The summed E-state index contributed by atoms with van der Waals surface area (Å²) in [6.07, 6.45) is -3.75. The molecule has 0 spiro atoms. The number of aryl methyl sites for hydroxylation is 1. The number of piperidine rings is 1. The number of alkyl halides is 3. The van der Waals surface area contributed by atoms with Crippen LogP contribution < -0.4 is 10.6 Å². The van der Waals surface area contributed by atoms with Crippen LogP contribution in [0.15, 0.2) is 47.4 Å². The summed E-state index contributed by atoms with van der Waals surface area (Å²) in [4.78, 5) is 11.3. The molecule has 6 nitrogen and oxygen atoms in total. The number of halogens is 4. The van der Waals surface area contributed by atoms with E-state index >= 15 is 0 Å². The smallest absolute Gasteiger partial charge is 0.338 e. The van der Waals surface area contributed by atoms with E-state index < -0.39 is 32.7 Å². The zero-order valence-corrected chi connectivity index (χ0v) is 18.8. The second-order valence-electron chi connectivity index (χ2n) is 7.71. The lowest BCUT2D eigenvalue weighted by atomic mass is 10.00. The van der Waals surface area contributed by atoms with Crippen molar-refractivity contribution >= 4 is 33.3 Å². The van der Waals surface area contributed by atoms with Crippen LogP contribution in [0.3, 0.4) is 0 Å². The Hall–Kier alpha value is -2.30. The van der Waals surface area contributed by atoms with Gasteiger partial charge in [0.25, 0.3) is 0 Å². The largest absolute Gasteiger partial charge is 0.417 e. The van der Waals surface area contributed by atoms with E-state index in [4.69, 9.17) is 11.6 Å². The highest BCUT2D eigenvalue weighted by atomic mass is 35.5. The summed E-state index contributed by atoms with van der Waals surface area (Å²) in [6, 6.07) is 9.41. The van der Waals surface area contributed by atoms with Crippen LogP contribution in [0.2, 0.25) is 5.02 Å². The first-order chi connectivity index (χ1) is 15.0. The number of nitrogens with zero attached hydrogens (tertiary/aromatic N) is 1. The molecule has 1 aliphatic rings. The van der Waals surface area contributed by atoms with Gasteiger partial charge in [0.05, 0.1) is 10.5 Å². The maximum atomic E-state index is 13.4. The Morgan fingerprint density at radius 1 is 1.19 bits per heavy atom. The number of anilines is 1. The monoisotopic (exact) mass is 489 g/mol. The SMILES string of the molecule is Cc1ccc(NC(=O)NCC2CCCN(S(=O)(=O)c3ccc(Cl)cc3C(F)(F)F)C2)cc1. The summed E-state index contributed by atoms with van der Waals surface area (Å²) in [5, 5.41) is 5.19. The van der Waals surface area contributed by atoms with Crippen molar-refractivity contribution in [1.29, 1.82) is 0 Å². The van der Waals surface area contributed by atoms with E-state index in [1.165, 1.54) is 0 Å². The van der Waals surface area contributed by atoms with Gasteiger partial charge < -0.3 is 10.6 Å². The third kappa shape index (κ3) is 5.93. The van der Waals surface area contributed by atoms with Crippen molar-refractivity contribution < 1.29 is 26.4 Å². The molecule has 1 saturated heterocycles. The van der Waals surface area contributed by atoms with Crippen LogP contribution in [0, 0.1) is 12.8 Å². The van der Waals surface area contributed by atoms with E-state index in [2.05, 4.69) is 10.6 Å². The van der Waals surface area contributed by atoms with Gasteiger partial charge in [-0.15, -0.1) is 0 Å². The summed E-state index contributed by atoms with van der Waals surface area (Å²) in [7, 11) is -4.39. The molecule has 0 bridgehead atoms. The number of sulfonamides is 1. The molecule has 0 saturated carbocycles. The van der Waals surface area contributed by atoms with Crippen molar-refractivity contribution in [3.05, 3.63) is 58.6 Å². The van der Waals surface area contributed by atoms with Gasteiger partial charge in [0.1, 0.15) is 0 Å². The maximum Gasteiger partial charge on any atom is 0.417 e. The Morgan fingerprint density at radius 2 is 1.88 bits per heavy atom. The van der Waals surface area contributed by atoms with E-state index in [1.807, 2.05) is 19.1 Å². The number of hydrogen-bond donors (Lipinski definition) is 2. The van der Waals surface area contributed by atoms with Crippen molar-refractivity contribution in [2.75, 3.05) is 25.0 Å². The highest BCUT2D eigenvalue weighted by Crippen LogP contribution is 2.37. The number of urea groups is 1. The predicted molar refractivity (Wildman–Crippen MR) is 116 cm³/mol. The van der Waals surface area contributed by atoms with Gasteiger partial charge in [-0.1, -0.05) is 29.3 Å². The summed E-state index contributed by atoms with van der Waals surface area (Å²) < 4.78 is 67.3. The van der Waals surface area contributed by atoms with Crippen LogP contribution in [0.5, 0.6) is 0 Å². The first kappa shape index (κ1) is 24.3. The molecule has 11 heteroatoms. The third-order valence-electron chi connectivity index (χ3n) is 5.21. The Morgan fingerprint density at radius 3 is 2.53 bits per heavy atom. The molecule has 2 N–H and O–H groups in total. The molecule has 1 unspecified atom stereocenters. The summed E-state index contributed by atoms with van der Waals surface area (Å²) in [5.74, 6) is -0.232. The van der Waals surface area contributed by atoms with Gasteiger partial charge >= 0.3 is 12.2 Å². The van der Waals surface area contributed by atoms with Crippen molar-refractivity contribution in [3.8, 4) is 0 Å². The zero-order chi connectivity index (χ0) is 23.5. The van der Waals surface area contributed by atoms with Crippen LogP contribution in [-0.2, 0) is 16.2 Å². The third-order valence-corrected chi connectivity index (χ3v) is 7.37. The normalized spacial score (nSPS) is 17.7. The van der Waals surface area contributed by atoms with Crippen molar-refractivity contribution in [2.45, 2.75) is 30.8 Å². The highest BCUT2D eigenvalue weighted by Gasteiger charge is 2.40. The van der Waals surface area contributed by atoms with Crippen LogP contribution in [0.25, 0.3) is 0 Å². The standard InChI is InChI=1S/C21H23ClF3N3O3S/c1-14-4-7-17(8-5-14)27-20(29)26-12-15-3-2-10-28(13-15)32(30,31)19-9-6-16(22)11-18(19)21(23,24)25/h4-9,11,15H,2-3,10,12-13H2,1H3,(H2,26,27,29). The van der Waals surface area contributed by atoms with E-state index in [9.17, 15) is 26.4 Å². The molecule has 2 aromatic carbocycles. The van der Waals surface area contributed by atoms with Crippen LogP contribution in [-0.4, -0.2) is 38.4 Å². The first-order valence-corrected chi connectivity index (χ1v) is 11.8. The van der Waals surface area contributed by atoms with Crippen molar-refractivity contribution in [2.24, 2.45) is 5.92 Å². The molecule has 1 aliphatic heterocycles. The van der Waals surface area contributed by atoms with Crippen LogP contribution in [0.1, 0.15) is 24.0 Å². The van der Waals surface area contributed by atoms with Gasteiger partial charge in [0.2, 0.25) is 10.0 Å². The molecule has 0 aromatic heterocycles. The average molecular weight is 490 g/mol. The lowest BCUT2D eigenvalue weighted by molar-refractivity contribution is -0.139. The van der Waals surface area contributed by atoms with Gasteiger partial charge in [0.15, 0.2) is 0 Å². The molecule has 0 radical (unpaired) electrons. The number of carbonyl (C=O) groups is 1. The van der Waals surface area contributed by atoms with Crippen molar-refractivity contribution in [1.82, 2.24) is 9.62 Å². The number of nitrogens with one attached hydrogen (secondary N) is 2. The number of amides is 2. The fourth-order valence-electron chi connectivity index (χ4n) is 3.55. The number of hydrogen-bond acceptors (Lipinski definition) is 3. The Labute approximate surface area is 189 Å². The lowest BCUT2D eigenvalue weighted by Crippen LogP contribution is -2.44. The Balaban J connectivity index is 1.66. The topological polar surface area (TPSA) is 78.5 Å². The minimum Gasteiger partial charge on any atom is -0.338 e. The van der Waals surface area contributed by atoms with Gasteiger partial charge in [-0.05, 0) is 56.0 Å². The maximum absolute atomic E-state index is 13.4. The van der Waals surface area contributed by atoms with Crippen LogP contribution in [0.4, 0.5) is 23.7 Å². The molecule has 1 heterocycles. The molecule has 1 fully saturated rings. The quantitative estimate of drug-likeness (QED) is 0.627.